The summed E-state index contributed by atoms with van der Waals surface area (Å²) in [7, 11) is -3.64. The number of carboxylic acids is 1. The third-order valence-electron chi connectivity index (χ3n) is 3.77. The molecular weight excluding hydrogens is 414 g/mol. The first-order valence-corrected chi connectivity index (χ1v) is 10.4. The number of aromatic amines is 1. The molecule has 0 unspecified atom stereocenters. The molecule has 0 radical (unpaired) electrons. The monoisotopic (exact) mass is 427 g/mol. The molecule has 0 saturated heterocycles. The van der Waals surface area contributed by atoms with Gasteiger partial charge in [0.15, 0.2) is 9.84 Å². The third-order valence-corrected chi connectivity index (χ3v) is 7.79. The molecule has 0 aliphatic rings. The number of carbonyl (C=O) groups is 1. The summed E-state index contributed by atoms with van der Waals surface area (Å²) >= 11 is 4.32. The molecule has 0 bridgehead atoms. The van der Waals surface area contributed by atoms with Crippen LogP contribution < -0.4 is 0 Å². The van der Waals surface area contributed by atoms with Crippen LogP contribution in [-0.2, 0) is 21.1 Å². The summed E-state index contributed by atoms with van der Waals surface area (Å²) in [5, 5.41) is 10.4. The lowest BCUT2D eigenvalue weighted by Crippen LogP contribution is -2.25. The van der Waals surface area contributed by atoms with Crippen molar-refractivity contribution in [3.8, 4) is 0 Å². The van der Waals surface area contributed by atoms with Crippen molar-refractivity contribution in [3.63, 3.8) is 0 Å². The van der Waals surface area contributed by atoms with Crippen molar-refractivity contribution in [2.45, 2.75) is 10.6 Å². The molecule has 3 aromatic rings. The lowest BCUT2D eigenvalue weighted by Gasteiger charge is -2.11. The predicted octanol–water partition coefficient (Wildman–Crippen LogP) is 3.71. The first-order valence-electron chi connectivity index (χ1n) is 7.13. The number of nitrogens with one attached hydrogen (secondary N) is 1. The van der Waals surface area contributed by atoms with E-state index in [1.807, 2.05) is 24.3 Å². The molecule has 24 heavy (non-hydrogen) atoms. The average Bonchev–Trinajstić information content (AvgIpc) is 3.14. The quantitative estimate of drug-likeness (QED) is 0.627. The smallest absolute Gasteiger partial charge is 0.307 e. The first kappa shape index (κ1) is 17.2. The summed E-state index contributed by atoms with van der Waals surface area (Å²) in [5.74, 6) is -2.54. The molecule has 0 fully saturated rings. The van der Waals surface area contributed by atoms with Crippen LogP contribution in [0, 0.1) is 5.92 Å². The van der Waals surface area contributed by atoms with Gasteiger partial charge in [-0.05, 0) is 46.1 Å². The van der Waals surface area contributed by atoms with Crippen molar-refractivity contribution < 1.29 is 18.3 Å². The molecule has 2 N–H and O–H groups in total. The van der Waals surface area contributed by atoms with E-state index in [1.54, 1.807) is 12.3 Å². The second kappa shape index (κ2) is 6.70. The maximum absolute atomic E-state index is 12.5. The Balaban J connectivity index is 1.87. The number of benzene rings is 1. The number of para-hydroxylation sites is 1. The Morgan fingerprint density at radius 2 is 2.00 bits per heavy atom. The molecular formula is C16H14BrNO4S2. The van der Waals surface area contributed by atoms with Gasteiger partial charge in [0.2, 0.25) is 0 Å². The van der Waals surface area contributed by atoms with Gasteiger partial charge in [-0.25, -0.2) is 8.42 Å². The third kappa shape index (κ3) is 3.55. The highest BCUT2D eigenvalue weighted by Gasteiger charge is 2.28. The zero-order valence-corrected chi connectivity index (χ0v) is 15.6. The van der Waals surface area contributed by atoms with Gasteiger partial charge in [-0.15, -0.1) is 11.3 Å². The summed E-state index contributed by atoms with van der Waals surface area (Å²) in [5.41, 5.74) is 1.71. The largest absolute Gasteiger partial charge is 0.481 e. The number of hydrogen-bond acceptors (Lipinski definition) is 4. The number of aliphatic carboxylic acids is 1. The van der Waals surface area contributed by atoms with Gasteiger partial charge in [0.05, 0.1) is 15.5 Å². The van der Waals surface area contributed by atoms with E-state index in [9.17, 15) is 18.3 Å². The predicted molar refractivity (Wildman–Crippen MR) is 97.2 cm³/mol. The minimum Gasteiger partial charge on any atom is -0.481 e. The van der Waals surface area contributed by atoms with Gasteiger partial charge < -0.3 is 10.1 Å². The zero-order chi connectivity index (χ0) is 17.3. The standard InChI is InChI=1S/C16H14BrNO4S2/c17-14-5-6-15(23-14)24(21,22)9-11(16(19)20)7-10-8-18-13-4-2-1-3-12(10)13/h1-6,8,11,18H,7,9H2,(H,19,20)/t11-/m1/s1. The van der Waals surface area contributed by atoms with E-state index < -0.39 is 27.5 Å². The van der Waals surface area contributed by atoms with Crippen molar-refractivity contribution in [2.24, 2.45) is 5.92 Å². The van der Waals surface area contributed by atoms with Gasteiger partial charge >= 0.3 is 5.97 Å². The number of hydrogen-bond donors (Lipinski definition) is 2. The SMILES string of the molecule is O=C(O)[C@H](Cc1c[nH]c2ccccc12)CS(=O)(=O)c1ccc(Br)s1. The molecule has 1 aromatic carbocycles. The van der Waals surface area contributed by atoms with Crippen LogP contribution in [0.2, 0.25) is 0 Å². The molecule has 1 atom stereocenters. The lowest BCUT2D eigenvalue weighted by atomic mass is 10.0. The summed E-state index contributed by atoms with van der Waals surface area (Å²) < 4.78 is 25.8. The molecule has 0 amide bonds. The van der Waals surface area contributed by atoms with Crippen molar-refractivity contribution in [3.05, 3.63) is 51.9 Å². The van der Waals surface area contributed by atoms with Crippen LogP contribution >= 0.6 is 27.3 Å². The number of sulfone groups is 1. The Morgan fingerprint density at radius 3 is 2.67 bits per heavy atom. The minimum atomic E-state index is -3.64. The molecule has 0 aliphatic carbocycles. The van der Waals surface area contributed by atoms with Crippen molar-refractivity contribution in [1.29, 1.82) is 0 Å². The molecule has 0 spiro atoms. The molecule has 2 aromatic heterocycles. The van der Waals surface area contributed by atoms with Crippen LogP contribution in [0.5, 0.6) is 0 Å². The van der Waals surface area contributed by atoms with Crippen LogP contribution in [0.1, 0.15) is 5.56 Å². The van der Waals surface area contributed by atoms with Gasteiger partial charge in [-0.1, -0.05) is 18.2 Å². The van der Waals surface area contributed by atoms with Crippen molar-refractivity contribution in [1.82, 2.24) is 4.98 Å². The van der Waals surface area contributed by atoms with E-state index in [-0.39, 0.29) is 10.6 Å². The molecule has 3 rings (SSSR count). The molecule has 5 nitrogen and oxygen atoms in total. The van der Waals surface area contributed by atoms with Gasteiger partial charge in [0.25, 0.3) is 0 Å². The molecule has 0 aliphatic heterocycles. The molecule has 8 heteroatoms. The highest BCUT2D eigenvalue weighted by Crippen LogP contribution is 2.29. The van der Waals surface area contributed by atoms with Gasteiger partial charge in [0.1, 0.15) is 4.21 Å². The van der Waals surface area contributed by atoms with Crippen LogP contribution in [0.3, 0.4) is 0 Å². The van der Waals surface area contributed by atoms with E-state index >= 15 is 0 Å². The van der Waals surface area contributed by atoms with E-state index in [1.165, 1.54) is 6.07 Å². The zero-order valence-electron chi connectivity index (χ0n) is 12.4. The number of thiophene rings is 1. The second-order valence-corrected chi connectivity index (χ2v) is 10.2. The topological polar surface area (TPSA) is 87.2 Å². The highest BCUT2D eigenvalue weighted by atomic mass is 79.9. The number of rotatable bonds is 6. The van der Waals surface area contributed by atoms with Crippen LogP contribution in [0.25, 0.3) is 10.9 Å². The van der Waals surface area contributed by atoms with E-state index in [0.29, 0.717) is 3.79 Å². The Labute approximate surface area is 151 Å². The fourth-order valence-electron chi connectivity index (χ4n) is 2.60. The number of halogens is 1. The van der Waals surface area contributed by atoms with Crippen molar-refractivity contribution in [2.75, 3.05) is 5.75 Å². The number of carboxylic acid groups (broad SMARTS) is 1. The Morgan fingerprint density at radius 1 is 1.25 bits per heavy atom. The average molecular weight is 428 g/mol. The van der Waals surface area contributed by atoms with E-state index in [0.717, 1.165) is 27.8 Å². The van der Waals surface area contributed by atoms with Gasteiger partial charge in [0, 0.05) is 17.1 Å². The Kier molecular flexibility index (Phi) is 4.80. The summed E-state index contributed by atoms with van der Waals surface area (Å²) in [6.07, 6.45) is 1.90. The maximum Gasteiger partial charge on any atom is 0.307 e. The second-order valence-electron chi connectivity index (χ2n) is 5.44. The van der Waals surface area contributed by atoms with Crippen LogP contribution in [-0.4, -0.2) is 30.2 Å². The maximum atomic E-state index is 12.5. The normalized spacial score (nSPS) is 13.2. The summed E-state index contributed by atoms with van der Waals surface area (Å²) in [4.78, 5) is 14.7. The summed E-state index contributed by atoms with van der Waals surface area (Å²) in [6, 6.07) is 10.7. The number of aromatic nitrogens is 1. The summed E-state index contributed by atoms with van der Waals surface area (Å²) in [6.45, 7) is 0. The number of H-pyrrole nitrogens is 1. The van der Waals surface area contributed by atoms with Crippen LogP contribution in [0.15, 0.2) is 50.6 Å². The number of fused-ring (bicyclic) bond motifs is 1. The molecule has 2 heterocycles. The van der Waals surface area contributed by atoms with E-state index in [2.05, 4.69) is 20.9 Å². The molecule has 126 valence electrons. The minimum absolute atomic E-state index is 0.158. The van der Waals surface area contributed by atoms with E-state index in [4.69, 9.17) is 0 Å². The lowest BCUT2D eigenvalue weighted by molar-refractivity contribution is -0.140. The Hall–Kier alpha value is -1.64. The highest BCUT2D eigenvalue weighted by molar-refractivity contribution is 9.11. The van der Waals surface area contributed by atoms with Crippen LogP contribution in [0.4, 0.5) is 0 Å². The molecule has 0 saturated carbocycles. The fraction of sp³-hybridized carbons (Fsp3) is 0.188. The van der Waals surface area contributed by atoms with Gasteiger partial charge in [-0.3, -0.25) is 4.79 Å². The fourth-order valence-corrected chi connectivity index (χ4v) is 6.25. The van der Waals surface area contributed by atoms with Gasteiger partial charge in [-0.2, -0.15) is 0 Å². The van der Waals surface area contributed by atoms with Crippen molar-refractivity contribution >= 4 is 54.0 Å². The Bertz CT molecular complexity index is 990. The first-order chi connectivity index (χ1) is 11.4.